The highest BCUT2D eigenvalue weighted by molar-refractivity contribution is 5.75. The second-order valence-corrected chi connectivity index (χ2v) is 8.29. The average molecular weight is 422 g/mol. The summed E-state index contributed by atoms with van der Waals surface area (Å²) < 4.78 is 3.57. The number of nitrogens with two attached hydrogens (primary N) is 1. The molecule has 1 atom stereocenters. The minimum atomic E-state index is -0.107. The molecule has 1 aliphatic heterocycles. The van der Waals surface area contributed by atoms with Gasteiger partial charge in [0.15, 0.2) is 11.2 Å². The maximum atomic E-state index is 13.4. The molecule has 0 aliphatic carbocycles. The van der Waals surface area contributed by atoms with Gasteiger partial charge in [-0.25, -0.2) is 0 Å². The number of nitrogens with one attached hydrogen (secondary N) is 1. The van der Waals surface area contributed by atoms with Gasteiger partial charge in [0.2, 0.25) is 11.9 Å². The van der Waals surface area contributed by atoms with Crippen molar-refractivity contribution in [3.8, 4) is 0 Å². The second kappa shape index (κ2) is 8.93. The fourth-order valence-corrected chi connectivity index (χ4v) is 4.01. The first-order chi connectivity index (χ1) is 15.0. The lowest BCUT2D eigenvalue weighted by Crippen LogP contribution is -2.44. The number of rotatable bonds is 6. The summed E-state index contributed by atoms with van der Waals surface area (Å²) in [6.07, 6.45) is 4.09. The molecular weight excluding hydrogens is 390 g/mol. The number of hydrogen-bond acceptors (Lipinski definition) is 6. The van der Waals surface area contributed by atoms with Crippen molar-refractivity contribution in [1.82, 2.24) is 19.1 Å². The Hall–Kier alpha value is -3.13. The van der Waals surface area contributed by atoms with Crippen LogP contribution < -0.4 is 21.5 Å². The summed E-state index contributed by atoms with van der Waals surface area (Å²) in [6.45, 7) is 6.86. The maximum absolute atomic E-state index is 13.4. The largest absolute Gasteiger partial charge is 0.351 e. The predicted octanol–water partition coefficient (Wildman–Crippen LogP) is 2.64. The van der Waals surface area contributed by atoms with E-state index < -0.39 is 0 Å². The molecule has 0 saturated carbocycles. The van der Waals surface area contributed by atoms with Gasteiger partial charge in [-0.05, 0) is 32.3 Å². The molecule has 1 saturated heterocycles. The van der Waals surface area contributed by atoms with Crippen LogP contribution in [0, 0.1) is 0 Å². The SMILES string of the molecule is CC=C(C)Cn1c(N2CCCC(N)C2)nc2nc(NCc3ccccc3)n(C)c(=O)c21. The van der Waals surface area contributed by atoms with Crippen LogP contribution in [0.5, 0.6) is 0 Å². The van der Waals surface area contributed by atoms with Gasteiger partial charge in [0.05, 0.1) is 0 Å². The molecular formula is C23H31N7O. The zero-order valence-corrected chi connectivity index (χ0v) is 18.5. The first-order valence-corrected chi connectivity index (χ1v) is 10.8. The normalized spacial score (nSPS) is 17.4. The summed E-state index contributed by atoms with van der Waals surface area (Å²) in [7, 11) is 1.75. The van der Waals surface area contributed by atoms with Crippen LogP contribution in [-0.4, -0.2) is 38.2 Å². The van der Waals surface area contributed by atoms with Gasteiger partial charge in [-0.1, -0.05) is 42.0 Å². The van der Waals surface area contributed by atoms with E-state index in [1.807, 2.05) is 41.8 Å². The molecule has 3 N–H and O–H groups in total. The fourth-order valence-electron chi connectivity index (χ4n) is 4.01. The summed E-state index contributed by atoms with van der Waals surface area (Å²) in [5.74, 6) is 1.28. The molecule has 164 valence electrons. The van der Waals surface area contributed by atoms with Gasteiger partial charge in [-0.2, -0.15) is 9.97 Å². The summed E-state index contributed by atoms with van der Waals surface area (Å²) >= 11 is 0. The molecule has 1 aliphatic rings. The lowest BCUT2D eigenvalue weighted by atomic mass is 10.1. The number of hydrogen-bond donors (Lipinski definition) is 2. The number of imidazole rings is 1. The van der Waals surface area contributed by atoms with Gasteiger partial charge in [-0.15, -0.1) is 0 Å². The molecule has 0 spiro atoms. The van der Waals surface area contributed by atoms with Crippen LogP contribution in [0.3, 0.4) is 0 Å². The van der Waals surface area contributed by atoms with Crippen molar-refractivity contribution in [2.75, 3.05) is 23.3 Å². The Balaban J connectivity index is 1.77. The van der Waals surface area contributed by atoms with Crippen LogP contribution in [0.2, 0.25) is 0 Å². The molecule has 2 aromatic heterocycles. The zero-order valence-electron chi connectivity index (χ0n) is 18.5. The van der Waals surface area contributed by atoms with Crippen molar-refractivity contribution in [3.63, 3.8) is 0 Å². The van der Waals surface area contributed by atoms with Gasteiger partial charge in [0.25, 0.3) is 5.56 Å². The Bertz CT molecular complexity index is 1150. The van der Waals surface area contributed by atoms with Crippen LogP contribution in [0.15, 0.2) is 46.8 Å². The molecule has 8 heteroatoms. The molecule has 1 aromatic carbocycles. The van der Waals surface area contributed by atoms with Crippen molar-refractivity contribution in [1.29, 1.82) is 0 Å². The number of benzene rings is 1. The maximum Gasteiger partial charge on any atom is 0.281 e. The third-order valence-corrected chi connectivity index (χ3v) is 5.90. The highest BCUT2D eigenvalue weighted by Gasteiger charge is 2.25. The van der Waals surface area contributed by atoms with Gasteiger partial charge in [-0.3, -0.25) is 9.36 Å². The first-order valence-electron chi connectivity index (χ1n) is 10.8. The molecule has 0 radical (unpaired) electrons. The smallest absolute Gasteiger partial charge is 0.281 e. The van der Waals surface area contributed by atoms with E-state index in [0.717, 1.165) is 43.0 Å². The number of nitrogens with zero attached hydrogens (tertiary/aromatic N) is 5. The van der Waals surface area contributed by atoms with Gasteiger partial charge >= 0.3 is 0 Å². The molecule has 3 heterocycles. The number of fused-ring (bicyclic) bond motifs is 1. The average Bonchev–Trinajstić information content (AvgIpc) is 3.14. The Morgan fingerprint density at radius 1 is 1.29 bits per heavy atom. The van der Waals surface area contributed by atoms with E-state index in [4.69, 9.17) is 15.7 Å². The van der Waals surface area contributed by atoms with Gasteiger partial charge < -0.3 is 20.5 Å². The molecule has 3 aromatic rings. The quantitative estimate of drug-likeness (QED) is 0.594. The van der Waals surface area contributed by atoms with Crippen LogP contribution in [-0.2, 0) is 20.1 Å². The summed E-state index contributed by atoms with van der Waals surface area (Å²) in [4.78, 5) is 25.1. The lowest BCUT2D eigenvalue weighted by Gasteiger charge is -2.31. The zero-order chi connectivity index (χ0) is 22.0. The Morgan fingerprint density at radius 3 is 2.77 bits per heavy atom. The molecule has 0 bridgehead atoms. The minimum absolute atomic E-state index is 0.107. The van der Waals surface area contributed by atoms with E-state index in [1.165, 1.54) is 0 Å². The standard InChI is InChI=1S/C23H31N7O/c1-4-16(2)14-30-19-20(27-23(30)29-12-8-11-18(24)15-29)26-22(28(3)21(19)31)25-13-17-9-6-5-7-10-17/h4-7,9-10,18H,8,11-15,24H2,1-3H3,(H,25,26). The molecule has 1 unspecified atom stereocenters. The van der Waals surface area contributed by atoms with E-state index >= 15 is 0 Å². The Kier molecular flexibility index (Phi) is 6.08. The Labute approximate surface area is 182 Å². The molecule has 0 amide bonds. The number of anilines is 2. The highest BCUT2D eigenvalue weighted by Crippen LogP contribution is 2.24. The van der Waals surface area contributed by atoms with Crippen molar-refractivity contribution >= 4 is 23.1 Å². The molecule has 1 fully saturated rings. The number of piperidine rings is 1. The van der Waals surface area contributed by atoms with Crippen LogP contribution in [0.1, 0.15) is 32.3 Å². The fraction of sp³-hybridized carbons (Fsp3) is 0.435. The van der Waals surface area contributed by atoms with Crippen molar-refractivity contribution in [2.45, 2.75) is 45.8 Å². The minimum Gasteiger partial charge on any atom is -0.351 e. The predicted molar refractivity (Wildman–Crippen MR) is 125 cm³/mol. The van der Waals surface area contributed by atoms with Crippen LogP contribution in [0.25, 0.3) is 11.2 Å². The van der Waals surface area contributed by atoms with Crippen molar-refractivity contribution < 1.29 is 0 Å². The van der Waals surface area contributed by atoms with E-state index in [1.54, 1.807) is 11.6 Å². The third-order valence-electron chi connectivity index (χ3n) is 5.90. The highest BCUT2D eigenvalue weighted by atomic mass is 16.1. The monoisotopic (exact) mass is 421 g/mol. The Morgan fingerprint density at radius 2 is 2.06 bits per heavy atom. The van der Waals surface area contributed by atoms with Gasteiger partial charge in [0.1, 0.15) is 0 Å². The molecule has 31 heavy (non-hydrogen) atoms. The van der Waals surface area contributed by atoms with E-state index in [0.29, 0.717) is 30.2 Å². The van der Waals surface area contributed by atoms with E-state index in [9.17, 15) is 4.79 Å². The van der Waals surface area contributed by atoms with Crippen molar-refractivity contribution in [2.24, 2.45) is 12.8 Å². The summed E-state index contributed by atoms with van der Waals surface area (Å²) in [5.41, 5.74) is 9.40. The van der Waals surface area contributed by atoms with E-state index in [2.05, 4.69) is 23.2 Å². The summed E-state index contributed by atoms with van der Waals surface area (Å²) in [6, 6.07) is 10.2. The number of allylic oxidation sites excluding steroid dienone is 2. The third kappa shape index (κ3) is 4.34. The van der Waals surface area contributed by atoms with Crippen LogP contribution >= 0.6 is 0 Å². The van der Waals surface area contributed by atoms with Crippen molar-refractivity contribution in [3.05, 3.63) is 57.9 Å². The van der Waals surface area contributed by atoms with Crippen LogP contribution in [0.4, 0.5) is 11.9 Å². The van der Waals surface area contributed by atoms with Gasteiger partial charge in [0, 0.05) is 39.3 Å². The second-order valence-electron chi connectivity index (χ2n) is 8.29. The summed E-state index contributed by atoms with van der Waals surface area (Å²) in [5, 5.41) is 3.29. The molecule has 4 rings (SSSR count). The molecule has 8 nitrogen and oxygen atoms in total. The number of aromatic nitrogens is 4. The lowest BCUT2D eigenvalue weighted by molar-refractivity contribution is 0.495. The van der Waals surface area contributed by atoms with E-state index in [-0.39, 0.29) is 11.6 Å². The topological polar surface area (TPSA) is 94.0 Å². The first kappa shape index (κ1) is 21.1.